The molecule has 0 atom stereocenters. The average molecular weight is 348 g/mol. The molecular weight excluding hydrogens is 328 g/mol. The maximum absolute atomic E-state index is 12.3. The van der Waals surface area contributed by atoms with Crippen LogP contribution in [-0.4, -0.2) is 34.2 Å². The maximum Gasteiger partial charge on any atom is 0.321 e. The minimum Gasteiger partial charge on any atom is -0.339 e. The highest BCUT2D eigenvalue weighted by atomic mass is 16.5. The zero-order valence-corrected chi connectivity index (χ0v) is 14.6. The summed E-state index contributed by atoms with van der Waals surface area (Å²) >= 11 is 0. The zero-order valence-electron chi connectivity index (χ0n) is 14.6. The molecule has 0 aliphatic carbocycles. The number of carbonyl (C=O) groups excluding carboxylic acids is 1. The lowest BCUT2D eigenvalue weighted by molar-refractivity contribution is 0.147. The number of aryl methyl sites for hydroxylation is 1. The fourth-order valence-electron chi connectivity index (χ4n) is 3.01. The van der Waals surface area contributed by atoms with Crippen LogP contribution < -0.4 is 5.32 Å². The van der Waals surface area contributed by atoms with Crippen molar-refractivity contribution in [1.29, 1.82) is 0 Å². The Kier molecular flexibility index (Phi) is 4.39. The van der Waals surface area contributed by atoms with E-state index in [-0.39, 0.29) is 11.9 Å². The zero-order chi connectivity index (χ0) is 17.9. The summed E-state index contributed by atoms with van der Waals surface area (Å²) in [6.45, 7) is 3.17. The topological polar surface area (TPSA) is 71.3 Å². The van der Waals surface area contributed by atoms with Gasteiger partial charge in [-0.25, -0.2) is 4.79 Å². The molecule has 1 fully saturated rings. The van der Waals surface area contributed by atoms with Crippen LogP contribution in [0.1, 0.15) is 28.8 Å². The van der Waals surface area contributed by atoms with Crippen molar-refractivity contribution in [2.24, 2.45) is 0 Å². The molecule has 2 heterocycles. The molecule has 2 aromatic carbocycles. The molecule has 2 amide bonds. The number of urea groups is 1. The molecule has 1 aliphatic rings. The van der Waals surface area contributed by atoms with Crippen molar-refractivity contribution in [3.63, 3.8) is 0 Å². The highest BCUT2D eigenvalue weighted by Gasteiger charge is 2.35. The van der Waals surface area contributed by atoms with E-state index < -0.39 is 0 Å². The number of anilines is 1. The highest BCUT2D eigenvalue weighted by molar-refractivity contribution is 5.90. The number of nitrogens with zero attached hydrogens (tertiary/aromatic N) is 3. The van der Waals surface area contributed by atoms with Crippen molar-refractivity contribution >= 4 is 11.7 Å². The van der Waals surface area contributed by atoms with Crippen LogP contribution in [0.4, 0.5) is 10.5 Å². The summed E-state index contributed by atoms with van der Waals surface area (Å²) in [5.74, 6) is 1.39. The molecule has 0 radical (unpaired) electrons. The van der Waals surface area contributed by atoms with Crippen molar-refractivity contribution in [1.82, 2.24) is 15.0 Å². The lowest BCUT2D eigenvalue weighted by Gasteiger charge is -2.36. The lowest BCUT2D eigenvalue weighted by Crippen LogP contribution is -2.50. The van der Waals surface area contributed by atoms with Crippen LogP contribution in [-0.2, 0) is 6.42 Å². The van der Waals surface area contributed by atoms with Crippen LogP contribution in [0.3, 0.4) is 0 Å². The minimum absolute atomic E-state index is 0.101. The summed E-state index contributed by atoms with van der Waals surface area (Å²) in [6.07, 6.45) is 0.647. The summed E-state index contributed by atoms with van der Waals surface area (Å²) in [6, 6.07) is 17.7. The number of likely N-dealkylation sites (tertiary alicyclic amines) is 1. The van der Waals surface area contributed by atoms with Gasteiger partial charge in [-0.1, -0.05) is 47.6 Å². The predicted octanol–water partition coefficient (Wildman–Crippen LogP) is 3.60. The first-order chi connectivity index (χ1) is 12.7. The van der Waals surface area contributed by atoms with E-state index >= 15 is 0 Å². The quantitative estimate of drug-likeness (QED) is 0.782. The van der Waals surface area contributed by atoms with E-state index in [4.69, 9.17) is 4.52 Å². The first kappa shape index (κ1) is 16.3. The first-order valence-corrected chi connectivity index (χ1v) is 8.66. The molecule has 6 nitrogen and oxygen atoms in total. The number of carbonyl (C=O) groups is 1. The standard InChI is InChI=1S/C20H20N4O2/c1-14-6-5-9-17(10-14)21-20(25)24-12-16(13-24)19-22-18(23-26-19)11-15-7-3-2-4-8-15/h2-10,16H,11-13H2,1H3,(H,21,25). The maximum atomic E-state index is 12.3. The van der Waals surface area contributed by atoms with E-state index in [0.717, 1.165) is 16.8 Å². The lowest BCUT2D eigenvalue weighted by atomic mass is 10.0. The van der Waals surface area contributed by atoms with Crippen molar-refractivity contribution < 1.29 is 9.32 Å². The molecule has 132 valence electrons. The summed E-state index contributed by atoms with van der Waals surface area (Å²) in [5, 5.41) is 6.97. The third-order valence-corrected chi connectivity index (χ3v) is 4.48. The van der Waals surface area contributed by atoms with Gasteiger partial charge < -0.3 is 14.7 Å². The third-order valence-electron chi connectivity index (χ3n) is 4.48. The van der Waals surface area contributed by atoms with E-state index in [2.05, 4.69) is 15.5 Å². The monoisotopic (exact) mass is 348 g/mol. The number of hydrogen-bond donors (Lipinski definition) is 1. The van der Waals surface area contributed by atoms with Crippen LogP contribution in [0.25, 0.3) is 0 Å². The van der Waals surface area contributed by atoms with Gasteiger partial charge >= 0.3 is 6.03 Å². The first-order valence-electron chi connectivity index (χ1n) is 8.66. The van der Waals surface area contributed by atoms with Crippen molar-refractivity contribution in [2.45, 2.75) is 19.3 Å². The fourth-order valence-corrected chi connectivity index (χ4v) is 3.01. The Bertz CT molecular complexity index is 901. The summed E-state index contributed by atoms with van der Waals surface area (Å²) in [5.41, 5.74) is 3.06. The van der Waals surface area contributed by atoms with Gasteiger partial charge in [0.25, 0.3) is 0 Å². The van der Waals surface area contributed by atoms with Gasteiger partial charge in [0.15, 0.2) is 5.82 Å². The van der Waals surface area contributed by atoms with Crippen LogP contribution in [0.5, 0.6) is 0 Å². The Balaban J connectivity index is 1.31. The smallest absolute Gasteiger partial charge is 0.321 e. The van der Waals surface area contributed by atoms with Crippen molar-refractivity contribution in [3.05, 3.63) is 77.4 Å². The van der Waals surface area contributed by atoms with Crippen molar-refractivity contribution in [2.75, 3.05) is 18.4 Å². The van der Waals surface area contributed by atoms with Crippen LogP contribution in [0.15, 0.2) is 59.1 Å². The van der Waals surface area contributed by atoms with Gasteiger partial charge in [0.05, 0.1) is 5.92 Å². The molecule has 0 unspecified atom stereocenters. The van der Waals surface area contributed by atoms with Crippen LogP contribution in [0, 0.1) is 6.92 Å². The van der Waals surface area contributed by atoms with Crippen LogP contribution >= 0.6 is 0 Å². The second-order valence-electron chi connectivity index (χ2n) is 6.61. The van der Waals surface area contributed by atoms with Gasteiger partial charge in [0.1, 0.15) is 0 Å². The number of nitrogens with one attached hydrogen (secondary N) is 1. The largest absolute Gasteiger partial charge is 0.339 e. The second-order valence-corrected chi connectivity index (χ2v) is 6.61. The SMILES string of the molecule is Cc1cccc(NC(=O)N2CC(c3nc(Cc4ccccc4)no3)C2)c1. The molecule has 3 aromatic rings. The van der Waals surface area contributed by atoms with Crippen LogP contribution in [0.2, 0.25) is 0 Å². The molecule has 1 aromatic heterocycles. The Labute approximate surface area is 151 Å². The van der Waals surface area contributed by atoms with E-state index in [1.54, 1.807) is 4.90 Å². The summed E-state index contributed by atoms with van der Waals surface area (Å²) in [4.78, 5) is 18.5. The molecule has 0 saturated carbocycles. The van der Waals surface area contributed by atoms with E-state index in [0.29, 0.717) is 31.2 Å². The highest BCUT2D eigenvalue weighted by Crippen LogP contribution is 2.26. The molecule has 0 spiro atoms. The van der Waals surface area contributed by atoms with E-state index in [9.17, 15) is 4.79 Å². The Morgan fingerprint density at radius 3 is 2.77 bits per heavy atom. The van der Waals surface area contributed by atoms with E-state index in [1.165, 1.54) is 0 Å². The normalized spacial score (nSPS) is 14.1. The molecule has 1 saturated heterocycles. The number of aromatic nitrogens is 2. The van der Waals surface area contributed by atoms with Crippen molar-refractivity contribution in [3.8, 4) is 0 Å². The number of benzene rings is 2. The average Bonchev–Trinajstić information content (AvgIpc) is 3.02. The number of amides is 2. The van der Waals surface area contributed by atoms with Gasteiger partial charge in [0.2, 0.25) is 5.89 Å². The van der Waals surface area contributed by atoms with E-state index in [1.807, 2.05) is 61.5 Å². The molecule has 26 heavy (non-hydrogen) atoms. The van der Waals surface area contributed by atoms with Gasteiger partial charge in [-0.2, -0.15) is 4.98 Å². The second kappa shape index (κ2) is 7.00. The van der Waals surface area contributed by atoms with Gasteiger partial charge in [0, 0.05) is 25.2 Å². The van der Waals surface area contributed by atoms with Gasteiger partial charge in [-0.3, -0.25) is 0 Å². The molecule has 0 bridgehead atoms. The molecule has 4 rings (SSSR count). The Hall–Kier alpha value is -3.15. The molecular formula is C20H20N4O2. The number of hydrogen-bond acceptors (Lipinski definition) is 4. The summed E-state index contributed by atoms with van der Waals surface area (Å²) in [7, 11) is 0. The molecule has 1 N–H and O–H groups in total. The molecule has 6 heteroatoms. The van der Waals surface area contributed by atoms with Gasteiger partial charge in [-0.15, -0.1) is 0 Å². The molecule has 1 aliphatic heterocycles. The van der Waals surface area contributed by atoms with Gasteiger partial charge in [-0.05, 0) is 30.2 Å². The Morgan fingerprint density at radius 1 is 1.19 bits per heavy atom. The summed E-state index contributed by atoms with van der Waals surface area (Å²) < 4.78 is 5.38. The fraction of sp³-hybridized carbons (Fsp3) is 0.250. The third kappa shape index (κ3) is 3.59. The number of rotatable bonds is 4. The minimum atomic E-state index is -0.101. The predicted molar refractivity (Wildman–Crippen MR) is 98.1 cm³/mol. The Morgan fingerprint density at radius 2 is 2.00 bits per heavy atom.